The molecule has 0 spiro atoms. The summed E-state index contributed by atoms with van der Waals surface area (Å²) < 4.78 is 11.8. The molecule has 0 aromatic heterocycles. The van der Waals surface area contributed by atoms with Gasteiger partial charge in [-0.3, -0.25) is 9.59 Å². The van der Waals surface area contributed by atoms with Crippen molar-refractivity contribution < 1.29 is 19.1 Å². The van der Waals surface area contributed by atoms with E-state index < -0.39 is 5.60 Å². The molecule has 0 saturated heterocycles. The maximum atomic E-state index is 12.3. The molecule has 0 aromatic rings. The van der Waals surface area contributed by atoms with Crippen molar-refractivity contribution in [2.75, 3.05) is 0 Å². The number of esters is 2. The van der Waals surface area contributed by atoms with Crippen LogP contribution in [0, 0.1) is 40.4 Å². The summed E-state index contributed by atoms with van der Waals surface area (Å²) >= 11 is 0. The fraction of sp³-hybridized carbons (Fsp3) is 0.750. The largest absolute Gasteiger partial charge is 0.462 e. The van der Waals surface area contributed by atoms with Crippen molar-refractivity contribution in [2.24, 2.45) is 40.4 Å². The summed E-state index contributed by atoms with van der Waals surface area (Å²) in [5.41, 5.74) is 2.26. The monoisotopic (exact) mass is 496 g/mol. The number of carbonyl (C=O) groups excluding carboxylic acids is 2. The van der Waals surface area contributed by atoms with Crippen LogP contribution in [0.3, 0.4) is 0 Å². The Morgan fingerprint density at radius 3 is 2.33 bits per heavy atom. The second-order valence-electron chi connectivity index (χ2n) is 13.2. The number of allylic oxidation sites excluding steroid dienone is 4. The summed E-state index contributed by atoms with van der Waals surface area (Å²) in [5.74, 6) is 2.55. The van der Waals surface area contributed by atoms with Gasteiger partial charge in [0.15, 0.2) is 0 Å². The van der Waals surface area contributed by atoms with Gasteiger partial charge < -0.3 is 9.47 Å². The molecule has 4 heteroatoms. The van der Waals surface area contributed by atoms with E-state index in [9.17, 15) is 9.59 Å². The standard InChI is InChI=1S/C32H48O4/c1-20(2)21(3)9-10-22(4)27-11-12-28-26-14-18-32(36-24(6)34)19-25(35-23(5)33)13-17-31(32,8)29(26)15-16-30(27,28)7/h9-10,14-15,20-22,25,27-28H,11-13,16-19H2,1-8H3/b10-9+/t21-,22-,25-,27-,28-,30+,31-,32-/m1/s1. The maximum Gasteiger partial charge on any atom is 0.303 e. The van der Waals surface area contributed by atoms with Crippen LogP contribution >= 0.6 is 0 Å². The van der Waals surface area contributed by atoms with Crippen LogP contribution in [-0.2, 0) is 19.1 Å². The minimum Gasteiger partial charge on any atom is -0.462 e. The molecule has 0 bridgehead atoms. The smallest absolute Gasteiger partial charge is 0.303 e. The van der Waals surface area contributed by atoms with Crippen LogP contribution in [0.2, 0.25) is 0 Å². The minimum atomic E-state index is -0.651. The predicted molar refractivity (Wildman–Crippen MR) is 144 cm³/mol. The molecule has 2 fully saturated rings. The Balaban J connectivity index is 1.64. The zero-order chi connectivity index (χ0) is 26.5. The summed E-state index contributed by atoms with van der Waals surface area (Å²) in [7, 11) is 0. The maximum absolute atomic E-state index is 12.3. The third-order valence-corrected chi connectivity index (χ3v) is 10.7. The van der Waals surface area contributed by atoms with Crippen LogP contribution in [0.4, 0.5) is 0 Å². The molecule has 4 rings (SSSR count). The number of fused-ring (bicyclic) bond motifs is 5. The van der Waals surface area contributed by atoms with Gasteiger partial charge in [-0.05, 0) is 78.3 Å². The highest BCUT2D eigenvalue weighted by atomic mass is 16.6. The van der Waals surface area contributed by atoms with Crippen molar-refractivity contribution >= 4 is 11.9 Å². The normalized spacial score (nSPS) is 39.4. The van der Waals surface area contributed by atoms with E-state index in [2.05, 4.69) is 65.8 Å². The summed E-state index contributed by atoms with van der Waals surface area (Å²) in [6.07, 6.45) is 16.1. The van der Waals surface area contributed by atoms with Crippen LogP contribution < -0.4 is 0 Å². The fourth-order valence-electron chi connectivity index (χ4n) is 8.20. The molecule has 0 amide bonds. The van der Waals surface area contributed by atoms with Gasteiger partial charge in [0.05, 0.1) is 0 Å². The van der Waals surface area contributed by atoms with Crippen molar-refractivity contribution in [2.45, 2.75) is 112 Å². The van der Waals surface area contributed by atoms with Crippen molar-refractivity contribution in [1.82, 2.24) is 0 Å². The lowest BCUT2D eigenvalue weighted by Gasteiger charge is -2.58. The molecular weight excluding hydrogens is 448 g/mol. The Morgan fingerprint density at radius 1 is 0.972 bits per heavy atom. The van der Waals surface area contributed by atoms with E-state index in [0.29, 0.717) is 42.4 Å². The molecule has 0 N–H and O–H groups in total. The van der Waals surface area contributed by atoms with Crippen molar-refractivity contribution in [3.8, 4) is 0 Å². The quantitative estimate of drug-likeness (QED) is 0.281. The second kappa shape index (κ2) is 9.80. The third kappa shape index (κ3) is 4.52. The van der Waals surface area contributed by atoms with E-state index in [0.717, 1.165) is 19.3 Å². The highest BCUT2D eigenvalue weighted by Gasteiger charge is 2.62. The lowest BCUT2D eigenvalue weighted by molar-refractivity contribution is -0.190. The van der Waals surface area contributed by atoms with Gasteiger partial charge in [-0.1, -0.05) is 65.8 Å². The number of hydrogen-bond acceptors (Lipinski definition) is 4. The minimum absolute atomic E-state index is 0.198. The van der Waals surface area contributed by atoms with Gasteiger partial charge >= 0.3 is 11.9 Å². The number of carbonyl (C=O) groups is 2. The Hall–Kier alpha value is -1.84. The van der Waals surface area contributed by atoms with Gasteiger partial charge in [0.2, 0.25) is 0 Å². The first-order chi connectivity index (χ1) is 16.8. The third-order valence-electron chi connectivity index (χ3n) is 10.7. The van der Waals surface area contributed by atoms with Crippen LogP contribution in [0.5, 0.6) is 0 Å². The molecule has 8 atom stereocenters. The highest BCUT2D eigenvalue weighted by Crippen LogP contribution is 2.66. The van der Waals surface area contributed by atoms with E-state index in [4.69, 9.17) is 9.47 Å². The summed E-state index contributed by atoms with van der Waals surface area (Å²) in [5, 5.41) is 0. The SMILES string of the molecule is CC(=O)O[C@@H]1CC[C@]2(C)C3=CC[C@]4(C)[C@H](CC[C@@H]4[C@H](C)/C=C/[C@@H](C)C(C)C)C3=CC[C@@]2(OC(C)=O)C1. The van der Waals surface area contributed by atoms with Crippen LogP contribution in [0.25, 0.3) is 0 Å². The Kier molecular flexibility index (Phi) is 7.40. The molecule has 0 unspecified atom stereocenters. The molecule has 36 heavy (non-hydrogen) atoms. The van der Waals surface area contributed by atoms with Gasteiger partial charge in [-0.2, -0.15) is 0 Å². The molecule has 4 aliphatic rings. The van der Waals surface area contributed by atoms with Gasteiger partial charge in [0.1, 0.15) is 11.7 Å². The predicted octanol–water partition coefficient (Wildman–Crippen LogP) is 7.59. The van der Waals surface area contributed by atoms with E-state index >= 15 is 0 Å². The number of hydrogen-bond donors (Lipinski definition) is 0. The Bertz CT molecular complexity index is 973. The van der Waals surface area contributed by atoms with E-state index in [-0.39, 0.29) is 28.9 Å². The molecule has 4 nitrogen and oxygen atoms in total. The zero-order valence-corrected chi connectivity index (χ0v) is 23.9. The molecular formula is C32H48O4. The molecule has 0 radical (unpaired) electrons. The number of ether oxygens (including phenoxy) is 2. The first-order valence-corrected chi connectivity index (χ1v) is 14.3. The van der Waals surface area contributed by atoms with E-state index in [1.54, 1.807) is 0 Å². The summed E-state index contributed by atoms with van der Waals surface area (Å²) in [4.78, 5) is 24.0. The topological polar surface area (TPSA) is 52.6 Å². The molecule has 0 aliphatic heterocycles. The molecule has 200 valence electrons. The summed E-state index contributed by atoms with van der Waals surface area (Å²) in [6.45, 7) is 17.1. The van der Waals surface area contributed by atoms with Gasteiger partial charge in [-0.15, -0.1) is 0 Å². The lowest BCUT2D eigenvalue weighted by Crippen LogP contribution is -2.58. The average Bonchev–Trinajstić information content (AvgIpc) is 3.14. The van der Waals surface area contributed by atoms with Crippen LogP contribution in [0.15, 0.2) is 35.5 Å². The van der Waals surface area contributed by atoms with Crippen LogP contribution in [-0.4, -0.2) is 23.6 Å². The van der Waals surface area contributed by atoms with Crippen molar-refractivity contribution in [3.05, 3.63) is 35.5 Å². The highest BCUT2D eigenvalue weighted by molar-refractivity contribution is 5.68. The zero-order valence-electron chi connectivity index (χ0n) is 23.9. The van der Waals surface area contributed by atoms with Gasteiger partial charge in [-0.25, -0.2) is 0 Å². The van der Waals surface area contributed by atoms with Gasteiger partial charge in [0.25, 0.3) is 0 Å². The van der Waals surface area contributed by atoms with Gasteiger partial charge in [0, 0.05) is 32.1 Å². The molecule has 2 saturated carbocycles. The van der Waals surface area contributed by atoms with Crippen LogP contribution in [0.1, 0.15) is 100 Å². The second-order valence-corrected chi connectivity index (χ2v) is 13.2. The molecule has 0 aromatic carbocycles. The van der Waals surface area contributed by atoms with E-state index in [1.165, 1.54) is 37.8 Å². The first-order valence-electron chi connectivity index (χ1n) is 14.3. The summed E-state index contributed by atoms with van der Waals surface area (Å²) in [6, 6.07) is 0. The molecule has 0 heterocycles. The Labute approximate surface area is 219 Å². The Morgan fingerprint density at radius 2 is 1.69 bits per heavy atom. The fourth-order valence-corrected chi connectivity index (χ4v) is 8.20. The van der Waals surface area contributed by atoms with E-state index in [1.807, 2.05) is 0 Å². The lowest BCUT2D eigenvalue weighted by atomic mass is 9.50. The number of rotatable bonds is 6. The van der Waals surface area contributed by atoms with Crippen molar-refractivity contribution in [3.63, 3.8) is 0 Å². The van der Waals surface area contributed by atoms with Crippen molar-refractivity contribution in [1.29, 1.82) is 0 Å². The molecule has 4 aliphatic carbocycles. The first kappa shape index (κ1) is 27.2. The average molecular weight is 497 g/mol.